The summed E-state index contributed by atoms with van der Waals surface area (Å²) in [6, 6.07) is 0. The molecule has 0 aromatic rings. The number of nitrogens with one attached hydrogen (secondary N) is 1. The van der Waals surface area contributed by atoms with Gasteiger partial charge in [0.2, 0.25) is 0 Å². The predicted octanol–water partition coefficient (Wildman–Crippen LogP) is -4.63. The van der Waals surface area contributed by atoms with Crippen molar-refractivity contribution in [3.8, 4) is 0 Å². The van der Waals surface area contributed by atoms with Crippen LogP contribution in [0, 0.1) is 0 Å². The summed E-state index contributed by atoms with van der Waals surface area (Å²) in [7, 11) is -1.25. The summed E-state index contributed by atoms with van der Waals surface area (Å²) < 4.78 is 5.01. The minimum Gasteiger partial charge on any atom is -0.896 e. The summed E-state index contributed by atoms with van der Waals surface area (Å²) >= 11 is 0. The monoisotopic (exact) mass is 189 g/mol. The quantitative estimate of drug-likeness (QED) is 0.387. The summed E-state index contributed by atoms with van der Waals surface area (Å²) in [5.41, 5.74) is 0. The maximum absolute atomic E-state index is 8.38. The third-order valence-electron chi connectivity index (χ3n) is 0.846. The van der Waals surface area contributed by atoms with E-state index in [1.807, 2.05) is 0 Å². The second kappa shape index (κ2) is 17.3. The molecule has 0 aliphatic carbocycles. The van der Waals surface area contributed by atoms with E-state index >= 15 is 0 Å². The van der Waals surface area contributed by atoms with Crippen LogP contribution in [0.5, 0.6) is 0 Å². The molecule has 0 amide bonds. The van der Waals surface area contributed by atoms with Gasteiger partial charge in [-0.1, -0.05) is 0 Å². The van der Waals surface area contributed by atoms with Crippen molar-refractivity contribution >= 4 is 45.4 Å². The molecular formula is C4H12BCaNO4. The smallest absolute Gasteiger partial charge is 0.896 e. The van der Waals surface area contributed by atoms with Crippen molar-refractivity contribution in [2.75, 3.05) is 26.3 Å². The van der Waals surface area contributed by atoms with Crippen LogP contribution in [0.3, 0.4) is 0 Å². The number of rotatable bonds is 0. The predicted molar refractivity (Wildman–Crippen MR) is 40.2 cm³/mol. The molecular weight excluding hydrogens is 177 g/mol. The van der Waals surface area contributed by atoms with Gasteiger partial charge >= 0.3 is 37.7 Å². The Hall–Kier alpha value is 1.12. The van der Waals surface area contributed by atoms with Gasteiger partial charge < -0.3 is 25.6 Å². The van der Waals surface area contributed by atoms with Gasteiger partial charge in [-0.2, -0.15) is 0 Å². The molecule has 5 nitrogen and oxygen atoms in total. The first-order chi connectivity index (χ1) is 4.41. The van der Waals surface area contributed by atoms with Gasteiger partial charge in [0.15, 0.2) is 0 Å². The molecule has 0 bridgehead atoms. The average Bonchev–Trinajstić information content (AvgIpc) is 1.93. The van der Waals surface area contributed by atoms with Crippen LogP contribution >= 0.6 is 0 Å². The maximum Gasteiger partial charge on any atom is 2.00 e. The molecule has 1 aliphatic heterocycles. The molecule has 62 valence electrons. The molecule has 11 heavy (non-hydrogen) atoms. The van der Waals surface area contributed by atoms with Crippen LogP contribution in [-0.4, -0.2) is 77.2 Å². The van der Waals surface area contributed by atoms with E-state index in [1.54, 1.807) is 0 Å². The molecule has 1 rings (SSSR count). The summed E-state index contributed by atoms with van der Waals surface area (Å²) in [5.74, 6) is 0. The second-order valence-corrected chi connectivity index (χ2v) is 1.48. The summed E-state index contributed by atoms with van der Waals surface area (Å²) in [4.78, 5) is 0. The molecule has 1 aliphatic rings. The number of ether oxygens (including phenoxy) is 1. The standard InChI is InChI=1S/C4H9NO.BHO2.Ca.H2O/c1-3-6-4-2-5-1;2-1-3;;/h5H,1-4H2;1H;;1H2/q;-2;+2;. The Morgan fingerprint density at radius 3 is 1.64 bits per heavy atom. The fourth-order valence-electron chi connectivity index (χ4n) is 0.516. The Balaban J connectivity index is -0.000000116. The fourth-order valence-corrected chi connectivity index (χ4v) is 0.516. The first-order valence-corrected chi connectivity index (χ1v) is 2.86. The Kier molecular flexibility index (Phi) is 28.3. The fraction of sp³-hybridized carbons (Fsp3) is 1.00. The van der Waals surface area contributed by atoms with E-state index in [0.29, 0.717) is 0 Å². The van der Waals surface area contributed by atoms with Crippen LogP contribution in [-0.2, 0) is 4.74 Å². The van der Waals surface area contributed by atoms with Crippen molar-refractivity contribution < 1.29 is 20.3 Å². The SMILES string of the molecule is C1COCCN1.O.[Ca+2].[O-]B[O-]. The molecule has 0 unspecified atom stereocenters. The number of morpholine rings is 1. The summed E-state index contributed by atoms with van der Waals surface area (Å²) in [6.07, 6.45) is 0. The van der Waals surface area contributed by atoms with Crippen LogP contribution in [0.4, 0.5) is 0 Å². The van der Waals surface area contributed by atoms with Gasteiger partial charge in [-0.15, -0.1) is 7.69 Å². The number of hydrogen-bond donors (Lipinski definition) is 1. The first-order valence-electron chi connectivity index (χ1n) is 2.86. The second-order valence-electron chi connectivity index (χ2n) is 1.48. The summed E-state index contributed by atoms with van der Waals surface area (Å²) in [5, 5.41) is 19.9. The molecule has 0 saturated carbocycles. The molecule has 1 saturated heterocycles. The van der Waals surface area contributed by atoms with Crippen LogP contribution < -0.4 is 15.4 Å². The van der Waals surface area contributed by atoms with Crippen LogP contribution in [0.25, 0.3) is 0 Å². The number of hydrogen-bond acceptors (Lipinski definition) is 4. The zero-order valence-corrected chi connectivity index (χ0v) is 8.68. The minimum absolute atomic E-state index is 0. The van der Waals surface area contributed by atoms with E-state index in [1.165, 1.54) is 0 Å². The van der Waals surface area contributed by atoms with Gasteiger partial charge in [0, 0.05) is 13.1 Å². The van der Waals surface area contributed by atoms with Crippen molar-refractivity contribution in [3.63, 3.8) is 0 Å². The van der Waals surface area contributed by atoms with E-state index in [-0.39, 0.29) is 43.2 Å². The Morgan fingerprint density at radius 1 is 1.18 bits per heavy atom. The van der Waals surface area contributed by atoms with E-state index < -0.39 is 7.69 Å². The van der Waals surface area contributed by atoms with Crippen LogP contribution in [0.2, 0.25) is 0 Å². The first kappa shape index (κ1) is 18.0. The molecule has 7 heteroatoms. The zero-order valence-electron chi connectivity index (χ0n) is 6.47. The molecule has 3 N–H and O–H groups in total. The Bertz CT molecular complexity index is 45.8. The van der Waals surface area contributed by atoms with Crippen molar-refractivity contribution in [2.24, 2.45) is 0 Å². The summed E-state index contributed by atoms with van der Waals surface area (Å²) in [6.45, 7) is 3.83. The Morgan fingerprint density at radius 2 is 1.55 bits per heavy atom. The average molecular weight is 189 g/mol. The molecule has 0 aromatic carbocycles. The zero-order chi connectivity index (χ0) is 6.95. The van der Waals surface area contributed by atoms with Crippen LogP contribution in [0.15, 0.2) is 0 Å². The molecule has 1 heterocycles. The van der Waals surface area contributed by atoms with Gasteiger partial charge in [-0.3, -0.25) is 0 Å². The van der Waals surface area contributed by atoms with Crippen molar-refractivity contribution in [2.45, 2.75) is 0 Å². The van der Waals surface area contributed by atoms with E-state index in [4.69, 9.17) is 14.8 Å². The van der Waals surface area contributed by atoms with Gasteiger partial charge in [-0.05, 0) is 0 Å². The van der Waals surface area contributed by atoms with Crippen LogP contribution in [0.1, 0.15) is 0 Å². The third kappa shape index (κ3) is 18.2. The molecule has 0 spiro atoms. The molecule has 1 fully saturated rings. The van der Waals surface area contributed by atoms with Gasteiger partial charge in [0.1, 0.15) is 0 Å². The molecule has 0 atom stereocenters. The van der Waals surface area contributed by atoms with Crippen molar-refractivity contribution in [1.82, 2.24) is 5.32 Å². The van der Waals surface area contributed by atoms with Gasteiger partial charge in [0.25, 0.3) is 0 Å². The van der Waals surface area contributed by atoms with E-state index in [9.17, 15) is 0 Å². The maximum atomic E-state index is 8.38. The third-order valence-corrected chi connectivity index (χ3v) is 0.846. The van der Waals surface area contributed by atoms with Crippen molar-refractivity contribution in [3.05, 3.63) is 0 Å². The van der Waals surface area contributed by atoms with Gasteiger partial charge in [0.05, 0.1) is 13.2 Å². The largest absolute Gasteiger partial charge is 2.00 e. The normalized spacial score (nSPS) is 14.4. The molecule has 0 radical (unpaired) electrons. The van der Waals surface area contributed by atoms with E-state index in [0.717, 1.165) is 26.3 Å². The van der Waals surface area contributed by atoms with Gasteiger partial charge in [-0.25, -0.2) is 0 Å². The Labute approximate surface area is 96.7 Å². The van der Waals surface area contributed by atoms with Crippen molar-refractivity contribution in [1.29, 1.82) is 0 Å². The van der Waals surface area contributed by atoms with E-state index in [2.05, 4.69) is 5.32 Å². The minimum atomic E-state index is -1.25. The topological polar surface area (TPSA) is 98.9 Å². The molecule has 0 aromatic heterocycles.